The topological polar surface area (TPSA) is 20.2 Å². The second-order valence-corrected chi connectivity index (χ2v) is 3.52. The molecule has 8 heavy (non-hydrogen) atoms. The molecule has 1 aliphatic heterocycles. The lowest BCUT2D eigenvalue weighted by Gasteiger charge is -2.08. The van der Waals surface area contributed by atoms with Crippen molar-refractivity contribution in [2.24, 2.45) is 0 Å². The van der Waals surface area contributed by atoms with E-state index in [-0.39, 0.29) is 6.10 Å². The quantitative estimate of drug-likeness (QED) is 0.579. The third-order valence-corrected chi connectivity index (χ3v) is 3.12. The van der Waals surface area contributed by atoms with E-state index in [4.69, 9.17) is 5.11 Å². The Kier molecular flexibility index (Phi) is 2.20. The molecule has 1 aliphatic rings. The molecule has 1 saturated heterocycles. The van der Waals surface area contributed by atoms with Crippen LogP contribution >= 0.6 is 11.8 Å². The first-order valence-electron chi connectivity index (χ1n) is 3.14. The second kappa shape index (κ2) is 2.74. The van der Waals surface area contributed by atoms with E-state index in [1.165, 1.54) is 0 Å². The predicted octanol–water partition coefficient (Wildman–Crippen LogP) is 1.26. The number of aliphatic hydroxyl groups excluding tert-OH is 1. The SMILES string of the molecule is CC[C@@H]1SCC[C@@H]1O. The van der Waals surface area contributed by atoms with Gasteiger partial charge >= 0.3 is 0 Å². The van der Waals surface area contributed by atoms with Gasteiger partial charge in [-0.2, -0.15) is 11.8 Å². The first-order chi connectivity index (χ1) is 3.84. The molecular weight excluding hydrogens is 120 g/mol. The average Bonchev–Trinajstić information content (AvgIpc) is 2.14. The van der Waals surface area contributed by atoms with Gasteiger partial charge < -0.3 is 5.11 Å². The Hall–Kier alpha value is 0.310. The summed E-state index contributed by atoms with van der Waals surface area (Å²) in [5.74, 6) is 1.15. The third kappa shape index (κ3) is 1.17. The molecule has 48 valence electrons. The number of hydrogen-bond donors (Lipinski definition) is 1. The summed E-state index contributed by atoms with van der Waals surface area (Å²) in [5.41, 5.74) is 0. The van der Waals surface area contributed by atoms with Crippen LogP contribution in [0.1, 0.15) is 19.8 Å². The summed E-state index contributed by atoms with van der Waals surface area (Å²) >= 11 is 1.90. The van der Waals surface area contributed by atoms with E-state index in [1.54, 1.807) is 0 Å². The number of rotatable bonds is 1. The van der Waals surface area contributed by atoms with E-state index in [0.717, 1.165) is 18.6 Å². The first kappa shape index (κ1) is 6.43. The molecule has 0 spiro atoms. The van der Waals surface area contributed by atoms with Crippen LogP contribution in [0, 0.1) is 0 Å². The molecule has 1 nitrogen and oxygen atoms in total. The molecule has 0 aromatic heterocycles. The first-order valence-corrected chi connectivity index (χ1v) is 4.19. The molecule has 0 aliphatic carbocycles. The van der Waals surface area contributed by atoms with Crippen molar-refractivity contribution in [3.8, 4) is 0 Å². The highest BCUT2D eigenvalue weighted by atomic mass is 32.2. The van der Waals surface area contributed by atoms with Gasteiger partial charge in [0, 0.05) is 5.25 Å². The Morgan fingerprint density at radius 2 is 2.50 bits per heavy atom. The molecule has 0 amide bonds. The van der Waals surface area contributed by atoms with Gasteiger partial charge in [0.2, 0.25) is 0 Å². The Bertz CT molecular complexity index is 74.9. The maximum atomic E-state index is 9.17. The zero-order valence-corrected chi connectivity index (χ0v) is 5.95. The normalized spacial score (nSPS) is 38.2. The smallest absolute Gasteiger partial charge is 0.0666 e. The summed E-state index contributed by atoms with van der Waals surface area (Å²) in [4.78, 5) is 0. The summed E-state index contributed by atoms with van der Waals surface area (Å²) in [6.07, 6.45) is 2.11. The van der Waals surface area contributed by atoms with Crippen LogP contribution in [-0.2, 0) is 0 Å². The molecule has 1 rings (SSSR count). The minimum Gasteiger partial charge on any atom is -0.392 e. The van der Waals surface area contributed by atoms with Gasteiger partial charge in [0.1, 0.15) is 0 Å². The molecule has 0 bridgehead atoms. The van der Waals surface area contributed by atoms with Crippen molar-refractivity contribution < 1.29 is 5.11 Å². The molecule has 0 saturated carbocycles. The predicted molar refractivity (Wildman–Crippen MR) is 37.2 cm³/mol. The van der Waals surface area contributed by atoms with Gasteiger partial charge in [-0.3, -0.25) is 0 Å². The Balaban J connectivity index is 2.30. The maximum Gasteiger partial charge on any atom is 0.0666 e. The van der Waals surface area contributed by atoms with E-state index >= 15 is 0 Å². The average molecular weight is 132 g/mol. The van der Waals surface area contributed by atoms with Crippen molar-refractivity contribution in [1.82, 2.24) is 0 Å². The molecule has 2 atom stereocenters. The van der Waals surface area contributed by atoms with Crippen molar-refractivity contribution in [3.05, 3.63) is 0 Å². The van der Waals surface area contributed by atoms with E-state index in [1.807, 2.05) is 11.8 Å². The third-order valence-electron chi connectivity index (χ3n) is 1.58. The van der Waals surface area contributed by atoms with Gasteiger partial charge in [-0.1, -0.05) is 6.92 Å². The van der Waals surface area contributed by atoms with E-state index in [0.29, 0.717) is 5.25 Å². The van der Waals surface area contributed by atoms with Gasteiger partial charge in [-0.15, -0.1) is 0 Å². The fraction of sp³-hybridized carbons (Fsp3) is 1.00. The largest absolute Gasteiger partial charge is 0.392 e. The van der Waals surface area contributed by atoms with Crippen molar-refractivity contribution in [3.63, 3.8) is 0 Å². The van der Waals surface area contributed by atoms with Crippen molar-refractivity contribution in [1.29, 1.82) is 0 Å². The van der Waals surface area contributed by atoms with Crippen molar-refractivity contribution in [2.45, 2.75) is 31.1 Å². The Labute approximate surface area is 54.5 Å². The van der Waals surface area contributed by atoms with Crippen LogP contribution < -0.4 is 0 Å². The van der Waals surface area contributed by atoms with E-state index in [9.17, 15) is 0 Å². The molecule has 1 N–H and O–H groups in total. The molecule has 0 radical (unpaired) electrons. The number of hydrogen-bond acceptors (Lipinski definition) is 2. The van der Waals surface area contributed by atoms with Gasteiger partial charge in [0.05, 0.1) is 6.10 Å². The second-order valence-electron chi connectivity index (χ2n) is 2.17. The van der Waals surface area contributed by atoms with Crippen LogP contribution in [0.2, 0.25) is 0 Å². The van der Waals surface area contributed by atoms with Crippen LogP contribution in [0.25, 0.3) is 0 Å². The molecule has 0 unspecified atom stereocenters. The van der Waals surface area contributed by atoms with Crippen LogP contribution in [0.5, 0.6) is 0 Å². The number of thioether (sulfide) groups is 1. The standard InChI is InChI=1S/C6H12OS/c1-2-6-5(7)3-4-8-6/h5-7H,2-4H2,1H3/t5-,6-/m0/s1. The summed E-state index contributed by atoms with van der Waals surface area (Å²) in [5, 5.41) is 9.71. The van der Waals surface area contributed by atoms with Crippen LogP contribution in [0.3, 0.4) is 0 Å². The van der Waals surface area contributed by atoms with E-state index < -0.39 is 0 Å². The lowest BCUT2D eigenvalue weighted by Crippen LogP contribution is -2.15. The Morgan fingerprint density at radius 3 is 2.75 bits per heavy atom. The molecule has 1 heterocycles. The Morgan fingerprint density at radius 1 is 1.75 bits per heavy atom. The van der Waals surface area contributed by atoms with Gasteiger partial charge in [0.25, 0.3) is 0 Å². The highest BCUT2D eigenvalue weighted by Gasteiger charge is 2.23. The van der Waals surface area contributed by atoms with Crippen molar-refractivity contribution >= 4 is 11.8 Å². The molecule has 1 fully saturated rings. The molecule has 2 heteroatoms. The summed E-state index contributed by atoms with van der Waals surface area (Å²) in [7, 11) is 0. The maximum absolute atomic E-state index is 9.17. The molecule has 0 aromatic rings. The van der Waals surface area contributed by atoms with Gasteiger partial charge in [-0.25, -0.2) is 0 Å². The lowest BCUT2D eigenvalue weighted by molar-refractivity contribution is 0.174. The minimum absolute atomic E-state index is 0.00926. The van der Waals surface area contributed by atoms with Crippen LogP contribution in [0.4, 0.5) is 0 Å². The number of aliphatic hydroxyl groups is 1. The lowest BCUT2D eigenvalue weighted by atomic mass is 10.2. The van der Waals surface area contributed by atoms with Gasteiger partial charge in [0.15, 0.2) is 0 Å². The van der Waals surface area contributed by atoms with Gasteiger partial charge in [-0.05, 0) is 18.6 Å². The summed E-state index contributed by atoms with van der Waals surface area (Å²) < 4.78 is 0. The fourth-order valence-electron chi connectivity index (χ4n) is 1.03. The van der Waals surface area contributed by atoms with Crippen LogP contribution in [-0.4, -0.2) is 22.2 Å². The van der Waals surface area contributed by atoms with E-state index in [2.05, 4.69) is 6.92 Å². The fourth-order valence-corrected chi connectivity index (χ4v) is 2.30. The van der Waals surface area contributed by atoms with Crippen LogP contribution in [0.15, 0.2) is 0 Å². The molecular formula is C6H12OS. The monoisotopic (exact) mass is 132 g/mol. The summed E-state index contributed by atoms with van der Waals surface area (Å²) in [6, 6.07) is 0. The summed E-state index contributed by atoms with van der Waals surface area (Å²) in [6.45, 7) is 2.13. The highest BCUT2D eigenvalue weighted by molar-refractivity contribution is 8.00. The minimum atomic E-state index is -0.00926. The highest BCUT2D eigenvalue weighted by Crippen LogP contribution is 2.28. The van der Waals surface area contributed by atoms with Crippen molar-refractivity contribution in [2.75, 3.05) is 5.75 Å². The molecule has 0 aromatic carbocycles. The zero-order valence-electron chi connectivity index (χ0n) is 5.13. The zero-order chi connectivity index (χ0) is 5.98.